The molecule has 0 radical (unpaired) electrons. The molecule has 1 aromatic carbocycles. The summed E-state index contributed by atoms with van der Waals surface area (Å²) < 4.78 is 13.3. The van der Waals surface area contributed by atoms with E-state index in [1.54, 1.807) is 25.1 Å². The van der Waals surface area contributed by atoms with Gasteiger partial charge in [0.2, 0.25) is 0 Å². The van der Waals surface area contributed by atoms with Crippen molar-refractivity contribution >= 4 is 5.91 Å². The molecule has 1 fully saturated rings. The predicted molar refractivity (Wildman–Crippen MR) is 74.6 cm³/mol. The molecular weight excluding hydrogens is 241 g/mol. The number of nitrogens with zero attached hydrogens (tertiary/aromatic N) is 1. The van der Waals surface area contributed by atoms with Crippen LogP contribution in [-0.2, 0) is 0 Å². The third-order valence-corrected chi connectivity index (χ3v) is 3.76. The zero-order chi connectivity index (χ0) is 13.8. The van der Waals surface area contributed by atoms with Crippen LogP contribution < -0.4 is 0 Å². The first-order valence-corrected chi connectivity index (χ1v) is 6.81. The minimum atomic E-state index is -0.271. The maximum Gasteiger partial charge on any atom is 0.254 e. The summed E-state index contributed by atoms with van der Waals surface area (Å²) in [7, 11) is 0. The molecule has 0 atom stereocenters. The number of aryl methyl sites for hydroxylation is 1. The van der Waals surface area contributed by atoms with E-state index in [4.69, 9.17) is 0 Å². The van der Waals surface area contributed by atoms with E-state index >= 15 is 0 Å². The number of hydrogen-bond acceptors (Lipinski definition) is 1. The zero-order valence-electron chi connectivity index (χ0n) is 11.4. The minimum absolute atomic E-state index is 0.0186. The van der Waals surface area contributed by atoms with Crippen molar-refractivity contribution in [3.8, 4) is 0 Å². The number of carbonyl (C=O) groups excluding carboxylic acids is 1. The van der Waals surface area contributed by atoms with Gasteiger partial charge in [-0.3, -0.25) is 4.79 Å². The lowest BCUT2D eigenvalue weighted by molar-refractivity contribution is 0.0706. The zero-order valence-corrected chi connectivity index (χ0v) is 11.4. The number of amides is 1. The summed E-state index contributed by atoms with van der Waals surface area (Å²) in [5, 5.41) is 0. The number of hydrogen-bond donors (Lipinski definition) is 0. The maximum atomic E-state index is 13.3. The Bertz CT molecular complexity index is 478. The summed E-state index contributed by atoms with van der Waals surface area (Å²) in [6.07, 6.45) is 6.22. The Morgan fingerprint density at radius 2 is 2.16 bits per heavy atom. The molecule has 3 heteroatoms. The van der Waals surface area contributed by atoms with Gasteiger partial charge in [0.1, 0.15) is 5.82 Å². The summed E-state index contributed by atoms with van der Waals surface area (Å²) in [6, 6.07) is 4.86. The highest BCUT2D eigenvalue weighted by Gasteiger charge is 2.26. The molecule has 0 heterocycles. The Hall–Kier alpha value is -1.64. The molecule has 0 saturated heterocycles. The van der Waals surface area contributed by atoms with Gasteiger partial charge in [-0.15, -0.1) is 6.58 Å². The minimum Gasteiger partial charge on any atom is -0.332 e. The normalized spacial score (nSPS) is 15.5. The van der Waals surface area contributed by atoms with Crippen LogP contribution in [0.1, 0.15) is 41.6 Å². The highest BCUT2D eigenvalue weighted by atomic mass is 19.1. The molecule has 2 rings (SSSR count). The molecule has 2 nitrogen and oxygen atoms in total. The van der Waals surface area contributed by atoms with E-state index in [0.29, 0.717) is 23.7 Å². The van der Waals surface area contributed by atoms with Crippen molar-refractivity contribution in [3.63, 3.8) is 0 Å². The predicted octanol–water partition coefficient (Wildman–Crippen LogP) is 3.70. The van der Waals surface area contributed by atoms with Crippen LogP contribution in [-0.4, -0.2) is 23.4 Å². The van der Waals surface area contributed by atoms with Crippen molar-refractivity contribution in [2.45, 2.75) is 38.6 Å². The first-order chi connectivity index (χ1) is 9.13. The molecule has 1 amide bonds. The molecular formula is C16H20FNO. The van der Waals surface area contributed by atoms with Gasteiger partial charge in [-0.1, -0.05) is 18.9 Å². The van der Waals surface area contributed by atoms with Crippen molar-refractivity contribution in [1.29, 1.82) is 0 Å². The number of carbonyl (C=O) groups is 1. The lowest BCUT2D eigenvalue weighted by atomic mass is 10.1. The summed E-state index contributed by atoms with van der Waals surface area (Å²) >= 11 is 0. The van der Waals surface area contributed by atoms with Crippen LogP contribution in [0.15, 0.2) is 30.9 Å². The second-order valence-electron chi connectivity index (χ2n) is 5.15. The number of halogens is 1. The van der Waals surface area contributed by atoms with E-state index in [0.717, 1.165) is 12.8 Å². The first-order valence-electron chi connectivity index (χ1n) is 6.81. The molecule has 0 unspecified atom stereocenters. The van der Waals surface area contributed by atoms with Crippen LogP contribution in [0, 0.1) is 12.7 Å². The molecule has 0 aliphatic heterocycles. The third kappa shape index (κ3) is 3.03. The molecule has 19 heavy (non-hydrogen) atoms. The summed E-state index contributed by atoms with van der Waals surface area (Å²) in [5.74, 6) is -0.289. The molecule has 1 saturated carbocycles. The van der Waals surface area contributed by atoms with E-state index in [9.17, 15) is 9.18 Å². The molecule has 1 aliphatic rings. The van der Waals surface area contributed by atoms with Crippen LogP contribution in [0.25, 0.3) is 0 Å². The van der Waals surface area contributed by atoms with Crippen molar-refractivity contribution in [1.82, 2.24) is 4.90 Å². The Kier molecular flexibility index (Phi) is 4.35. The fraction of sp³-hybridized carbons (Fsp3) is 0.438. The van der Waals surface area contributed by atoms with Crippen LogP contribution in [0.2, 0.25) is 0 Å². The summed E-state index contributed by atoms with van der Waals surface area (Å²) in [6.45, 7) is 5.96. The summed E-state index contributed by atoms with van der Waals surface area (Å²) in [4.78, 5) is 14.4. The van der Waals surface area contributed by atoms with E-state index in [2.05, 4.69) is 6.58 Å². The monoisotopic (exact) mass is 261 g/mol. The van der Waals surface area contributed by atoms with Gasteiger partial charge >= 0.3 is 0 Å². The largest absolute Gasteiger partial charge is 0.332 e. The molecule has 0 spiro atoms. The van der Waals surface area contributed by atoms with E-state index < -0.39 is 0 Å². The van der Waals surface area contributed by atoms with Gasteiger partial charge in [-0.25, -0.2) is 4.39 Å². The topological polar surface area (TPSA) is 20.3 Å². The van der Waals surface area contributed by atoms with Gasteiger partial charge in [-0.2, -0.15) is 0 Å². The Balaban J connectivity index is 2.22. The van der Waals surface area contributed by atoms with Crippen molar-refractivity contribution < 1.29 is 9.18 Å². The average molecular weight is 261 g/mol. The molecule has 102 valence electrons. The highest BCUT2D eigenvalue weighted by molar-refractivity contribution is 5.94. The van der Waals surface area contributed by atoms with Crippen LogP contribution >= 0.6 is 0 Å². The first kappa shape index (κ1) is 13.8. The van der Waals surface area contributed by atoms with Gasteiger partial charge in [0, 0.05) is 18.2 Å². The van der Waals surface area contributed by atoms with Crippen LogP contribution in [0.4, 0.5) is 4.39 Å². The smallest absolute Gasteiger partial charge is 0.254 e. The van der Waals surface area contributed by atoms with Gasteiger partial charge < -0.3 is 4.90 Å². The molecule has 0 bridgehead atoms. The lowest BCUT2D eigenvalue weighted by Crippen LogP contribution is -2.39. The molecule has 0 N–H and O–H groups in total. The Labute approximate surface area is 113 Å². The molecule has 1 aromatic rings. The number of benzene rings is 1. The van der Waals surface area contributed by atoms with E-state index in [1.165, 1.54) is 18.9 Å². The van der Waals surface area contributed by atoms with Crippen molar-refractivity contribution in [2.75, 3.05) is 6.54 Å². The molecule has 1 aliphatic carbocycles. The number of rotatable bonds is 4. The van der Waals surface area contributed by atoms with E-state index in [-0.39, 0.29) is 11.7 Å². The van der Waals surface area contributed by atoms with Gasteiger partial charge in [0.25, 0.3) is 5.91 Å². The van der Waals surface area contributed by atoms with Gasteiger partial charge in [-0.05, 0) is 43.5 Å². The Morgan fingerprint density at radius 3 is 2.74 bits per heavy atom. The maximum absolute atomic E-state index is 13.3. The molecule has 0 aromatic heterocycles. The highest BCUT2D eigenvalue weighted by Crippen LogP contribution is 2.25. The average Bonchev–Trinajstić information content (AvgIpc) is 2.92. The quantitative estimate of drug-likeness (QED) is 0.757. The van der Waals surface area contributed by atoms with Gasteiger partial charge in [0.05, 0.1) is 0 Å². The lowest BCUT2D eigenvalue weighted by Gasteiger charge is -2.28. The standard InChI is InChI=1S/C16H20FNO/c1-3-10-18(14-6-4-5-7-14)16(19)13-8-9-15(17)12(2)11-13/h3,8-9,11,14H,1,4-7,10H2,2H3. The second kappa shape index (κ2) is 6.00. The van der Waals surface area contributed by atoms with Crippen molar-refractivity contribution in [3.05, 3.63) is 47.8 Å². The second-order valence-corrected chi connectivity index (χ2v) is 5.15. The summed E-state index contributed by atoms with van der Waals surface area (Å²) in [5.41, 5.74) is 1.07. The van der Waals surface area contributed by atoms with Gasteiger partial charge in [0.15, 0.2) is 0 Å². The SMILES string of the molecule is C=CCN(C(=O)c1ccc(F)c(C)c1)C1CCCC1. The fourth-order valence-corrected chi connectivity index (χ4v) is 2.70. The third-order valence-electron chi connectivity index (χ3n) is 3.76. The fourth-order valence-electron chi connectivity index (χ4n) is 2.70. The Morgan fingerprint density at radius 1 is 1.47 bits per heavy atom. The van der Waals surface area contributed by atoms with Crippen molar-refractivity contribution in [2.24, 2.45) is 0 Å². The van der Waals surface area contributed by atoms with Crippen LogP contribution in [0.3, 0.4) is 0 Å². The van der Waals surface area contributed by atoms with Crippen LogP contribution in [0.5, 0.6) is 0 Å². The van der Waals surface area contributed by atoms with E-state index in [1.807, 2.05) is 4.90 Å².